The molecule has 178 valence electrons. The van der Waals surface area contributed by atoms with Crippen molar-refractivity contribution in [1.29, 1.82) is 0 Å². The van der Waals surface area contributed by atoms with Gasteiger partial charge in [0.2, 0.25) is 0 Å². The zero-order valence-corrected chi connectivity index (χ0v) is 30.5. The molecule has 2 unspecified atom stereocenters. The van der Waals surface area contributed by atoms with E-state index in [4.69, 9.17) is 4.74 Å². The fourth-order valence-electron chi connectivity index (χ4n) is 2.41. The zero-order chi connectivity index (χ0) is 23.8. The first-order chi connectivity index (χ1) is 14.1. The maximum Gasteiger partial charge on any atom is 1.00 e. The predicted octanol–water partition coefficient (Wildman–Crippen LogP) is -16.3. The van der Waals surface area contributed by atoms with Crippen molar-refractivity contribution in [1.82, 2.24) is 9.55 Å². The van der Waals surface area contributed by atoms with E-state index < -0.39 is 65.9 Å². The second kappa shape index (κ2) is 17.3. The smallest absolute Gasteiger partial charge is 0.790 e. The molecule has 0 aromatic carbocycles. The SMILES string of the molecule is CSc1cc(=O)[nH]c(=O)n1[C@@H]1O[C@H](COP(=O)([O-])OP(=O)([O-])OP(=O)([O-])[O-])[C@@H](O)[C@H]1O.[Na+].[Na+].[Na+].[Na+]. The van der Waals surface area contributed by atoms with Crippen LogP contribution in [0.25, 0.3) is 0 Å². The van der Waals surface area contributed by atoms with E-state index in [1.807, 2.05) is 4.98 Å². The van der Waals surface area contributed by atoms with E-state index in [1.165, 1.54) is 6.26 Å². The van der Waals surface area contributed by atoms with Gasteiger partial charge >= 0.3 is 124 Å². The summed E-state index contributed by atoms with van der Waals surface area (Å²) in [4.78, 5) is 68.6. The van der Waals surface area contributed by atoms with Crippen molar-refractivity contribution >= 4 is 35.2 Å². The molecule has 1 aromatic heterocycles. The molecular weight excluding hydrogens is 605 g/mol. The Labute approximate surface area is 289 Å². The van der Waals surface area contributed by atoms with E-state index in [9.17, 15) is 53.1 Å². The third-order valence-electron chi connectivity index (χ3n) is 3.54. The molecule has 1 saturated heterocycles. The van der Waals surface area contributed by atoms with Gasteiger partial charge in [0, 0.05) is 6.07 Å². The molecule has 35 heavy (non-hydrogen) atoms. The molecule has 0 radical (unpaired) electrons. The van der Waals surface area contributed by atoms with Crippen LogP contribution in [0.3, 0.4) is 0 Å². The number of nitrogens with zero attached hydrogens (tertiary/aromatic N) is 1. The Bertz CT molecular complexity index is 1080. The number of hydrogen-bond donors (Lipinski definition) is 3. The minimum atomic E-state index is -6.18. The quantitative estimate of drug-likeness (QED) is 0.100. The Kier molecular flexibility index (Phi) is 21.2. The van der Waals surface area contributed by atoms with Gasteiger partial charge < -0.3 is 43.6 Å². The number of aliphatic hydroxyl groups is 2. The summed E-state index contributed by atoms with van der Waals surface area (Å²) in [6, 6.07) is 0.995. The molecule has 1 fully saturated rings. The fourth-order valence-corrected chi connectivity index (χ4v) is 5.88. The number of hydrogen-bond acceptors (Lipinski definition) is 16. The average molecular weight is 618 g/mol. The molecule has 0 saturated carbocycles. The number of phosphoric acid groups is 3. The summed E-state index contributed by atoms with van der Waals surface area (Å²) < 4.78 is 49.5. The number of thioether (sulfide) groups is 1. The maximum absolute atomic E-state index is 12.1. The van der Waals surface area contributed by atoms with Crippen molar-refractivity contribution < 1.29 is 180 Å². The molecule has 1 aliphatic rings. The number of rotatable bonds is 9. The van der Waals surface area contributed by atoms with Crippen LogP contribution in [0.5, 0.6) is 0 Å². The van der Waals surface area contributed by atoms with Crippen molar-refractivity contribution in [3.8, 4) is 0 Å². The van der Waals surface area contributed by atoms with E-state index in [0.717, 1.165) is 22.4 Å². The molecule has 2 rings (SSSR count). The first kappa shape index (κ1) is 42.8. The van der Waals surface area contributed by atoms with Gasteiger partial charge in [0.1, 0.15) is 18.3 Å². The van der Waals surface area contributed by atoms with Gasteiger partial charge in [0.15, 0.2) is 6.23 Å². The Morgan fingerprint density at radius 2 is 1.57 bits per heavy atom. The van der Waals surface area contributed by atoms with Crippen molar-refractivity contribution in [2.75, 3.05) is 12.9 Å². The number of ether oxygens (including phenoxy) is 1. The molecule has 0 bridgehead atoms. The van der Waals surface area contributed by atoms with E-state index >= 15 is 0 Å². The van der Waals surface area contributed by atoms with Gasteiger partial charge in [-0.15, -0.1) is 11.8 Å². The van der Waals surface area contributed by atoms with Gasteiger partial charge in [0.25, 0.3) is 21.2 Å². The van der Waals surface area contributed by atoms with Crippen LogP contribution in [0.1, 0.15) is 6.23 Å². The number of H-pyrrole nitrogens is 1. The number of phosphoric ester groups is 1. The van der Waals surface area contributed by atoms with Crippen molar-refractivity contribution in [3.05, 3.63) is 26.9 Å². The Morgan fingerprint density at radius 1 is 1.03 bits per heavy atom. The Hall–Kier alpha value is 3.32. The second-order valence-corrected chi connectivity index (χ2v) is 10.8. The number of nitrogens with one attached hydrogen (secondary N) is 1. The average Bonchev–Trinajstić information content (AvgIpc) is 2.84. The van der Waals surface area contributed by atoms with Crippen molar-refractivity contribution in [3.63, 3.8) is 0 Å². The third-order valence-corrected chi connectivity index (χ3v) is 7.94. The van der Waals surface area contributed by atoms with Gasteiger partial charge in [0.05, 0.1) is 19.5 Å². The van der Waals surface area contributed by atoms with E-state index in [-0.39, 0.29) is 123 Å². The molecule has 1 aliphatic heterocycles. The first-order valence-corrected chi connectivity index (χ1v) is 13.3. The minimum Gasteiger partial charge on any atom is -0.790 e. The second-order valence-electron chi connectivity index (χ2n) is 5.70. The summed E-state index contributed by atoms with van der Waals surface area (Å²) >= 11 is 0.914. The normalized spacial score (nSPS) is 25.0. The Morgan fingerprint density at radius 3 is 2.06 bits per heavy atom. The van der Waals surface area contributed by atoms with E-state index in [2.05, 4.69) is 13.1 Å². The van der Waals surface area contributed by atoms with Crippen LogP contribution in [0, 0.1) is 0 Å². The molecule has 2 heterocycles. The predicted molar refractivity (Wildman–Crippen MR) is 90.0 cm³/mol. The van der Waals surface area contributed by atoms with Gasteiger partial charge in [-0.2, -0.15) is 0 Å². The molecule has 0 aliphatic carbocycles. The van der Waals surface area contributed by atoms with E-state index in [1.54, 1.807) is 0 Å². The van der Waals surface area contributed by atoms with Crippen LogP contribution in [0.2, 0.25) is 0 Å². The summed E-state index contributed by atoms with van der Waals surface area (Å²) in [6.45, 7) is -1.17. The molecule has 0 spiro atoms. The van der Waals surface area contributed by atoms with Gasteiger partial charge in [-0.3, -0.25) is 27.8 Å². The molecule has 25 heteroatoms. The third kappa shape index (κ3) is 13.2. The minimum absolute atomic E-state index is 0. The van der Waals surface area contributed by atoms with E-state index in [0.29, 0.717) is 0 Å². The maximum atomic E-state index is 12.1. The zero-order valence-electron chi connectivity index (χ0n) is 19.0. The van der Waals surface area contributed by atoms with Crippen molar-refractivity contribution in [2.45, 2.75) is 29.6 Å². The molecule has 1 aromatic rings. The van der Waals surface area contributed by atoms with Gasteiger partial charge in [-0.05, 0) is 6.26 Å². The van der Waals surface area contributed by atoms with Crippen LogP contribution in [-0.2, 0) is 31.6 Å². The molecule has 17 nitrogen and oxygen atoms in total. The summed E-state index contributed by atoms with van der Waals surface area (Å²) in [5, 5.41) is 20.2. The molecule has 0 amide bonds. The topological polar surface area (TPSA) is 276 Å². The largest absolute Gasteiger partial charge is 1.00 e. The van der Waals surface area contributed by atoms with Crippen LogP contribution < -0.4 is 149 Å². The van der Waals surface area contributed by atoms with Crippen LogP contribution in [-0.4, -0.2) is 50.9 Å². The number of aliphatic hydroxyl groups excluding tert-OH is 2. The van der Waals surface area contributed by atoms with Crippen LogP contribution >= 0.6 is 35.2 Å². The van der Waals surface area contributed by atoms with Gasteiger partial charge in [-0.1, -0.05) is 0 Å². The number of aromatic nitrogens is 2. The molecule has 3 N–H and O–H groups in total. The summed E-state index contributed by atoms with van der Waals surface area (Å²) in [5.41, 5.74) is -1.77. The number of aromatic amines is 1. The van der Waals surface area contributed by atoms with Crippen LogP contribution in [0.15, 0.2) is 20.7 Å². The monoisotopic (exact) mass is 618 g/mol. The van der Waals surface area contributed by atoms with Gasteiger partial charge in [-0.25, -0.2) is 9.11 Å². The summed E-state index contributed by atoms with van der Waals surface area (Å²) in [7, 11) is -18.2. The summed E-state index contributed by atoms with van der Waals surface area (Å²) in [5.74, 6) is 0. The molecular formula is C10H13N2Na4O15P3S. The van der Waals surface area contributed by atoms with Crippen molar-refractivity contribution in [2.24, 2.45) is 0 Å². The first-order valence-electron chi connectivity index (χ1n) is 7.68. The standard InChI is InChI=1S/C10H17N2O15P3S.4Na/c1-31-6-2-5(13)11-10(16)12(6)9-8(15)7(14)4(25-9)3-24-29(20,21)27-30(22,23)26-28(17,18)19;;;;/h2,4,7-9,14-15H,3H2,1H3,(H,20,21)(H,22,23)(H,11,13,16)(H2,17,18,19);;;;/q;4*+1/p-4/t4-,7-,8-,9-;;;;/m1..../s1. The fraction of sp³-hybridized carbons (Fsp3) is 0.600. The summed E-state index contributed by atoms with van der Waals surface area (Å²) in [6.07, 6.45) is -5.48. The Balaban J connectivity index is -0.00000256. The van der Waals surface area contributed by atoms with Crippen LogP contribution in [0.4, 0.5) is 0 Å². The molecule has 6 atom stereocenters.